The molecule has 0 spiro atoms. The summed E-state index contributed by atoms with van der Waals surface area (Å²) < 4.78 is 13.8. The maximum Gasteiger partial charge on any atom is 0.294 e. The van der Waals surface area contributed by atoms with Crippen LogP contribution in [0.3, 0.4) is 0 Å². The molecule has 0 saturated carbocycles. The van der Waals surface area contributed by atoms with Crippen molar-refractivity contribution in [3.05, 3.63) is 30.0 Å². The van der Waals surface area contributed by atoms with Gasteiger partial charge in [-0.15, -0.1) is 0 Å². The van der Waals surface area contributed by atoms with Crippen molar-refractivity contribution in [3.63, 3.8) is 0 Å². The van der Waals surface area contributed by atoms with Crippen LogP contribution in [0, 0.1) is 19.5 Å². The maximum absolute atomic E-state index is 13.7. The molecule has 1 aromatic carbocycles. The highest BCUT2D eigenvalue weighted by Crippen LogP contribution is 2.37. The zero-order chi connectivity index (χ0) is 14.1. The average molecular weight is 433 g/mol. The van der Waals surface area contributed by atoms with E-state index in [1.165, 1.54) is 0 Å². The van der Waals surface area contributed by atoms with Crippen molar-refractivity contribution in [1.82, 2.24) is 0 Å². The molecular weight excluding hydrogens is 422 g/mol. The number of rotatable bonds is 4. The van der Waals surface area contributed by atoms with Crippen molar-refractivity contribution < 1.29 is 14.4 Å². The van der Waals surface area contributed by atoms with Crippen LogP contribution in [0.1, 0.15) is 13.8 Å². The van der Waals surface area contributed by atoms with Crippen molar-refractivity contribution in [3.8, 4) is 0 Å². The highest BCUT2D eigenvalue weighted by atomic mass is 127. The number of nitrogens with one attached hydrogen (secondary N) is 1. The van der Waals surface area contributed by atoms with Crippen molar-refractivity contribution in [2.75, 3.05) is 11.9 Å². The van der Waals surface area contributed by atoms with Crippen molar-refractivity contribution >= 4 is 49.9 Å². The van der Waals surface area contributed by atoms with Crippen molar-refractivity contribution in [2.45, 2.75) is 19.4 Å². The van der Waals surface area contributed by atoms with Crippen molar-refractivity contribution in [1.29, 1.82) is 0 Å². The summed E-state index contributed by atoms with van der Waals surface area (Å²) in [5.41, 5.74) is -1.27. The fourth-order valence-electron chi connectivity index (χ4n) is 1.20. The van der Waals surface area contributed by atoms with Crippen LogP contribution >= 0.6 is 38.5 Å². The second-order valence-corrected chi connectivity index (χ2v) is 6.26. The first kappa shape index (κ1) is 15.6. The second-order valence-electron chi connectivity index (χ2n) is 4.30. The molecule has 0 bridgehead atoms. The molecule has 0 atom stereocenters. The van der Waals surface area contributed by atoms with Crippen molar-refractivity contribution in [2.24, 2.45) is 0 Å². The highest BCUT2D eigenvalue weighted by molar-refractivity contribution is 14.1. The minimum absolute atomic E-state index is 0.00894. The van der Waals surface area contributed by atoms with E-state index in [2.05, 4.69) is 21.2 Å². The molecule has 0 fully saturated rings. The Balaban J connectivity index is 3.23. The minimum atomic E-state index is -1.06. The summed E-state index contributed by atoms with van der Waals surface area (Å²) in [6.07, 6.45) is 0. The molecule has 0 saturated heterocycles. The normalized spacial score (nSPS) is 11.4. The Kier molecular flexibility index (Phi) is 4.90. The monoisotopic (exact) mass is 432 g/mol. The van der Waals surface area contributed by atoms with E-state index in [0.717, 1.165) is 6.07 Å². The smallest absolute Gasteiger partial charge is 0.294 e. The summed E-state index contributed by atoms with van der Waals surface area (Å²) in [4.78, 5) is 10.3. The molecule has 0 radical (unpaired) electrons. The van der Waals surface area contributed by atoms with Gasteiger partial charge in [-0.25, -0.2) is 4.39 Å². The van der Waals surface area contributed by atoms with Gasteiger partial charge in [-0.05, 0) is 52.4 Å². The van der Waals surface area contributed by atoms with E-state index in [-0.39, 0.29) is 26.0 Å². The van der Waals surface area contributed by atoms with Gasteiger partial charge in [0.15, 0.2) is 5.82 Å². The van der Waals surface area contributed by atoms with E-state index >= 15 is 0 Å². The number of benzene rings is 1. The zero-order valence-corrected chi connectivity index (χ0v) is 13.4. The summed E-state index contributed by atoms with van der Waals surface area (Å²) >= 11 is 4.67. The third-order valence-electron chi connectivity index (χ3n) is 2.04. The van der Waals surface area contributed by atoms with E-state index in [4.69, 9.17) is 0 Å². The third kappa shape index (κ3) is 3.75. The van der Waals surface area contributed by atoms with Crippen LogP contribution in [0.5, 0.6) is 0 Å². The van der Waals surface area contributed by atoms with Crippen LogP contribution in [-0.2, 0) is 0 Å². The Labute approximate surface area is 125 Å². The molecule has 0 heterocycles. The predicted octanol–water partition coefficient (Wildman–Crippen LogP) is 3.28. The number of hydrogen-bond acceptors (Lipinski definition) is 4. The number of nitrogens with zero attached hydrogens (tertiary/aromatic N) is 1. The molecule has 1 aromatic rings. The summed E-state index contributed by atoms with van der Waals surface area (Å²) in [5, 5.41) is 23.2. The van der Waals surface area contributed by atoms with Gasteiger partial charge in [0.1, 0.15) is 5.69 Å². The Morgan fingerprint density at radius 1 is 1.67 bits per heavy atom. The van der Waals surface area contributed by atoms with Gasteiger partial charge in [-0.1, -0.05) is 0 Å². The summed E-state index contributed by atoms with van der Waals surface area (Å²) in [7, 11) is 0. The molecule has 0 unspecified atom stereocenters. The van der Waals surface area contributed by atoms with Crippen LogP contribution in [-0.4, -0.2) is 22.2 Å². The van der Waals surface area contributed by atoms with E-state index in [1.807, 2.05) is 0 Å². The summed E-state index contributed by atoms with van der Waals surface area (Å²) in [6, 6.07) is 1.15. The summed E-state index contributed by atoms with van der Waals surface area (Å²) in [6.45, 7) is 3.15. The van der Waals surface area contributed by atoms with Gasteiger partial charge in [0.2, 0.25) is 0 Å². The molecular formula is C10H11BrFIN2O3. The Morgan fingerprint density at radius 2 is 2.22 bits per heavy atom. The Hall–Kier alpha value is -0.480. The van der Waals surface area contributed by atoms with Gasteiger partial charge in [0, 0.05) is 12.6 Å². The largest absolute Gasteiger partial charge is 0.389 e. The van der Waals surface area contributed by atoms with Crippen LogP contribution in [0.25, 0.3) is 0 Å². The number of halogens is 3. The molecule has 0 aliphatic rings. The number of nitro benzene ring substituents is 1. The maximum atomic E-state index is 13.7. The fraction of sp³-hybridized carbons (Fsp3) is 0.400. The molecule has 5 nitrogen and oxygen atoms in total. The van der Waals surface area contributed by atoms with E-state index < -0.39 is 16.3 Å². The Bertz CT molecular complexity index is 491. The van der Waals surface area contributed by atoms with Gasteiger partial charge in [-0.2, -0.15) is 0 Å². The zero-order valence-electron chi connectivity index (χ0n) is 9.63. The molecule has 0 amide bonds. The fourth-order valence-corrected chi connectivity index (χ4v) is 2.69. The second kappa shape index (κ2) is 5.66. The predicted molar refractivity (Wildman–Crippen MR) is 78.3 cm³/mol. The van der Waals surface area contributed by atoms with Gasteiger partial charge < -0.3 is 10.4 Å². The lowest BCUT2D eigenvalue weighted by Crippen LogP contribution is -2.29. The first-order valence-corrected chi connectivity index (χ1v) is 6.79. The average Bonchev–Trinajstić information content (AvgIpc) is 2.22. The third-order valence-corrected chi connectivity index (χ3v) is 3.57. The van der Waals surface area contributed by atoms with E-state index in [0.29, 0.717) is 0 Å². The number of anilines is 1. The van der Waals surface area contributed by atoms with Crippen LogP contribution < -0.4 is 5.32 Å². The quantitative estimate of drug-likeness (QED) is 0.331. The SMILES string of the molecule is CC(C)(O)CNc1c([N+](=O)[O-])cc(I)c(F)c1Br. The number of aliphatic hydroxyl groups is 1. The van der Waals surface area contributed by atoms with Gasteiger partial charge in [0.25, 0.3) is 5.69 Å². The summed E-state index contributed by atoms with van der Waals surface area (Å²) in [5.74, 6) is -0.570. The first-order chi connectivity index (χ1) is 8.13. The lowest BCUT2D eigenvalue weighted by molar-refractivity contribution is -0.384. The molecule has 0 aliphatic carbocycles. The minimum Gasteiger partial charge on any atom is -0.389 e. The van der Waals surface area contributed by atoms with Crippen LogP contribution in [0.4, 0.5) is 15.8 Å². The lowest BCUT2D eigenvalue weighted by Gasteiger charge is -2.19. The standard InChI is InChI=1S/C10H11BrFIN2O3/c1-10(2,16)4-14-9-6(15(17)18)3-5(13)8(12)7(9)11/h3,14,16H,4H2,1-2H3. The van der Waals surface area contributed by atoms with Gasteiger partial charge >= 0.3 is 0 Å². The molecule has 18 heavy (non-hydrogen) atoms. The number of hydrogen-bond donors (Lipinski definition) is 2. The van der Waals surface area contributed by atoms with Crippen LogP contribution in [0.2, 0.25) is 0 Å². The molecule has 1 rings (SSSR count). The first-order valence-electron chi connectivity index (χ1n) is 4.91. The lowest BCUT2D eigenvalue weighted by atomic mass is 10.1. The molecule has 2 N–H and O–H groups in total. The molecule has 100 valence electrons. The molecule has 0 aromatic heterocycles. The van der Waals surface area contributed by atoms with Crippen LogP contribution in [0.15, 0.2) is 10.5 Å². The molecule has 8 heteroatoms. The number of nitro groups is 1. The van der Waals surface area contributed by atoms with E-state index in [1.54, 1.807) is 36.4 Å². The Morgan fingerprint density at radius 3 is 2.67 bits per heavy atom. The highest BCUT2D eigenvalue weighted by Gasteiger charge is 2.24. The van der Waals surface area contributed by atoms with Gasteiger partial charge in [-0.3, -0.25) is 10.1 Å². The topological polar surface area (TPSA) is 75.4 Å². The molecule has 0 aliphatic heterocycles. The van der Waals surface area contributed by atoms with E-state index in [9.17, 15) is 19.6 Å². The van der Waals surface area contributed by atoms with Gasteiger partial charge in [0.05, 0.1) is 18.6 Å².